The van der Waals surface area contributed by atoms with E-state index in [-0.39, 0.29) is 11.8 Å². The Hall–Kier alpha value is -3.60. The third-order valence-corrected chi connectivity index (χ3v) is 4.34. The van der Waals surface area contributed by atoms with Gasteiger partial charge in [0.05, 0.1) is 6.61 Å². The van der Waals surface area contributed by atoms with Crippen LogP contribution in [0, 0.1) is 0 Å². The zero-order chi connectivity index (χ0) is 20.5. The molecule has 0 aliphatic heterocycles. The molecule has 2 amide bonds. The van der Waals surface area contributed by atoms with Gasteiger partial charge in [0, 0.05) is 23.4 Å². The van der Waals surface area contributed by atoms with Crippen LogP contribution in [0.15, 0.2) is 78.9 Å². The van der Waals surface area contributed by atoms with E-state index in [1.54, 1.807) is 36.4 Å². The van der Waals surface area contributed by atoms with Crippen LogP contribution in [0.3, 0.4) is 0 Å². The maximum Gasteiger partial charge on any atom is 0.255 e. The van der Waals surface area contributed by atoms with Gasteiger partial charge in [-0.15, -0.1) is 0 Å². The zero-order valence-corrected chi connectivity index (χ0v) is 16.4. The van der Waals surface area contributed by atoms with Gasteiger partial charge in [-0.2, -0.15) is 0 Å². The van der Waals surface area contributed by atoms with E-state index >= 15 is 0 Å². The molecule has 0 saturated carbocycles. The van der Waals surface area contributed by atoms with Crippen molar-refractivity contribution in [1.29, 1.82) is 0 Å². The van der Waals surface area contributed by atoms with E-state index in [1.165, 1.54) is 0 Å². The highest BCUT2D eigenvalue weighted by atomic mass is 16.5. The molecular weight excluding hydrogens is 364 g/mol. The number of hydrogen-bond donors (Lipinski definition) is 2. The van der Waals surface area contributed by atoms with Crippen LogP contribution in [-0.2, 0) is 11.2 Å². The average Bonchev–Trinajstić information content (AvgIpc) is 2.75. The number of hydrogen-bond acceptors (Lipinski definition) is 3. The van der Waals surface area contributed by atoms with Crippen molar-refractivity contribution in [3.8, 4) is 5.75 Å². The predicted octanol–water partition coefficient (Wildman–Crippen LogP) is 4.91. The second-order valence-corrected chi connectivity index (χ2v) is 6.52. The van der Waals surface area contributed by atoms with Gasteiger partial charge in [-0.1, -0.05) is 30.3 Å². The number of nitrogens with one attached hydrogen (secondary N) is 2. The Balaban J connectivity index is 1.51. The molecule has 0 heterocycles. The van der Waals surface area contributed by atoms with Gasteiger partial charge in [-0.3, -0.25) is 9.59 Å². The first-order valence-corrected chi connectivity index (χ1v) is 9.62. The Morgan fingerprint density at radius 1 is 0.793 bits per heavy atom. The number of aryl methyl sites for hydroxylation is 1. The van der Waals surface area contributed by atoms with Gasteiger partial charge in [-0.05, 0) is 67.4 Å². The number of carbonyl (C=O) groups excluding carboxylic acids is 2. The van der Waals surface area contributed by atoms with Gasteiger partial charge < -0.3 is 15.4 Å². The van der Waals surface area contributed by atoms with Crippen molar-refractivity contribution >= 4 is 23.2 Å². The van der Waals surface area contributed by atoms with Gasteiger partial charge in [0.2, 0.25) is 5.91 Å². The summed E-state index contributed by atoms with van der Waals surface area (Å²) in [5.41, 5.74) is 3.00. The lowest BCUT2D eigenvalue weighted by molar-refractivity contribution is -0.116. The Kier molecular flexibility index (Phi) is 7.00. The molecule has 0 bridgehead atoms. The summed E-state index contributed by atoms with van der Waals surface area (Å²) in [5, 5.41) is 5.71. The standard InChI is InChI=1S/C24H24N2O3/c1-2-29-22-15-13-21(14-16-22)26-24(28)19-9-11-20(12-10-19)25-23(27)17-8-18-6-4-3-5-7-18/h3-7,9-16H,2,8,17H2,1H3,(H,25,27)(H,26,28). The zero-order valence-electron chi connectivity index (χ0n) is 16.4. The highest BCUT2D eigenvalue weighted by Gasteiger charge is 2.08. The molecule has 0 fully saturated rings. The number of benzene rings is 3. The van der Waals surface area contributed by atoms with Crippen LogP contribution in [0.4, 0.5) is 11.4 Å². The minimum absolute atomic E-state index is 0.0551. The Bertz CT molecular complexity index is 936. The Labute approximate surface area is 170 Å². The molecule has 0 aliphatic rings. The molecule has 2 N–H and O–H groups in total. The van der Waals surface area contributed by atoms with Crippen molar-refractivity contribution < 1.29 is 14.3 Å². The molecule has 0 spiro atoms. The van der Waals surface area contributed by atoms with Gasteiger partial charge in [0.25, 0.3) is 5.91 Å². The molecule has 0 saturated heterocycles. The molecule has 5 heteroatoms. The van der Waals surface area contributed by atoms with Crippen LogP contribution in [0.5, 0.6) is 5.75 Å². The highest BCUT2D eigenvalue weighted by Crippen LogP contribution is 2.17. The van der Waals surface area contributed by atoms with Crippen molar-refractivity contribution in [3.63, 3.8) is 0 Å². The molecule has 3 aromatic rings. The second-order valence-electron chi connectivity index (χ2n) is 6.52. The van der Waals surface area contributed by atoms with Gasteiger partial charge in [0.1, 0.15) is 5.75 Å². The number of carbonyl (C=O) groups is 2. The van der Waals surface area contributed by atoms with Crippen LogP contribution < -0.4 is 15.4 Å². The predicted molar refractivity (Wildman–Crippen MR) is 115 cm³/mol. The van der Waals surface area contributed by atoms with E-state index < -0.39 is 0 Å². The molecule has 0 radical (unpaired) electrons. The normalized spacial score (nSPS) is 10.2. The molecule has 0 aliphatic carbocycles. The molecule has 0 aromatic heterocycles. The quantitative estimate of drug-likeness (QED) is 0.576. The van der Waals surface area contributed by atoms with Crippen LogP contribution in [0.1, 0.15) is 29.3 Å². The van der Waals surface area contributed by atoms with Gasteiger partial charge in [0.15, 0.2) is 0 Å². The largest absolute Gasteiger partial charge is 0.494 e. The highest BCUT2D eigenvalue weighted by molar-refractivity contribution is 6.04. The maximum absolute atomic E-state index is 12.4. The van der Waals surface area contributed by atoms with E-state index in [4.69, 9.17) is 4.74 Å². The summed E-state index contributed by atoms with van der Waals surface area (Å²) in [7, 11) is 0. The number of ether oxygens (including phenoxy) is 1. The summed E-state index contributed by atoms with van der Waals surface area (Å²) in [6.07, 6.45) is 1.10. The number of anilines is 2. The lowest BCUT2D eigenvalue weighted by Crippen LogP contribution is -2.14. The fraction of sp³-hybridized carbons (Fsp3) is 0.167. The molecule has 3 rings (SSSR count). The molecule has 5 nitrogen and oxygen atoms in total. The summed E-state index contributed by atoms with van der Waals surface area (Å²) in [6.45, 7) is 2.52. The van der Waals surface area contributed by atoms with Crippen LogP contribution in [0.2, 0.25) is 0 Å². The lowest BCUT2D eigenvalue weighted by Gasteiger charge is -2.09. The Morgan fingerprint density at radius 2 is 1.41 bits per heavy atom. The van der Waals surface area contributed by atoms with E-state index in [0.717, 1.165) is 11.3 Å². The van der Waals surface area contributed by atoms with Gasteiger partial charge >= 0.3 is 0 Å². The minimum Gasteiger partial charge on any atom is -0.494 e. The van der Waals surface area contributed by atoms with Crippen molar-refractivity contribution in [2.24, 2.45) is 0 Å². The molecule has 29 heavy (non-hydrogen) atoms. The third-order valence-electron chi connectivity index (χ3n) is 4.34. The van der Waals surface area contributed by atoms with Crippen molar-refractivity contribution in [1.82, 2.24) is 0 Å². The van der Waals surface area contributed by atoms with E-state index in [2.05, 4.69) is 10.6 Å². The third kappa shape index (κ3) is 6.21. The SMILES string of the molecule is CCOc1ccc(NC(=O)c2ccc(NC(=O)CCc3ccccc3)cc2)cc1. The average molecular weight is 388 g/mol. The minimum atomic E-state index is -0.212. The van der Waals surface area contributed by atoms with Gasteiger partial charge in [-0.25, -0.2) is 0 Å². The van der Waals surface area contributed by atoms with Crippen LogP contribution in [-0.4, -0.2) is 18.4 Å². The fourth-order valence-electron chi connectivity index (χ4n) is 2.84. The van der Waals surface area contributed by atoms with E-state index in [0.29, 0.717) is 36.4 Å². The smallest absolute Gasteiger partial charge is 0.255 e. The van der Waals surface area contributed by atoms with E-state index in [1.807, 2.05) is 49.4 Å². The van der Waals surface area contributed by atoms with E-state index in [9.17, 15) is 9.59 Å². The summed E-state index contributed by atoms with van der Waals surface area (Å²) >= 11 is 0. The summed E-state index contributed by atoms with van der Waals surface area (Å²) in [6, 6.07) is 23.9. The summed E-state index contributed by atoms with van der Waals surface area (Å²) < 4.78 is 5.39. The first kappa shape index (κ1) is 20.1. The molecular formula is C24H24N2O3. The molecule has 0 unspecified atom stereocenters. The van der Waals surface area contributed by atoms with Crippen molar-refractivity contribution in [2.75, 3.05) is 17.2 Å². The number of rotatable bonds is 8. The Morgan fingerprint density at radius 3 is 2.07 bits per heavy atom. The first-order chi connectivity index (χ1) is 14.1. The second kappa shape index (κ2) is 10.1. The monoisotopic (exact) mass is 388 g/mol. The topological polar surface area (TPSA) is 67.4 Å². The lowest BCUT2D eigenvalue weighted by atomic mass is 10.1. The molecule has 148 valence electrons. The molecule has 3 aromatic carbocycles. The summed E-state index contributed by atoms with van der Waals surface area (Å²) in [5.74, 6) is 0.495. The van der Waals surface area contributed by atoms with Crippen molar-refractivity contribution in [3.05, 3.63) is 90.0 Å². The van der Waals surface area contributed by atoms with Crippen molar-refractivity contribution in [2.45, 2.75) is 19.8 Å². The number of amides is 2. The first-order valence-electron chi connectivity index (χ1n) is 9.62. The summed E-state index contributed by atoms with van der Waals surface area (Å²) in [4.78, 5) is 24.5. The van der Waals surface area contributed by atoms with Crippen LogP contribution in [0.25, 0.3) is 0 Å². The fourth-order valence-corrected chi connectivity index (χ4v) is 2.84. The van der Waals surface area contributed by atoms with Crippen LogP contribution >= 0.6 is 0 Å². The maximum atomic E-state index is 12.4. The molecule has 0 atom stereocenters.